The van der Waals surface area contributed by atoms with Gasteiger partial charge in [-0.3, -0.25) is 9.52 Å². The molecule has 1 amide bonds. The topological polar surface area (TPSA) is 77.1 Å². The summed E-state index contributed by atoms with van der Waals surface area (Å²) < 4.78 is 36.4. The van der Waals surface area contributed by atoms with Crippen LogP contribution in [-0.2, 0) is 31.0 Å². The number of carbonyl (C=O) groups excluding carboxylic acids is 1. The molecule has 2 aromatic carbocycles. The molecule has 1 unspecified atom stereocenters. The van der Waals surface area contributed by atoms with E-state index in [-0.39, 0.29) is 34.2 Å². The summed E-state index contributed by atoms with van der Waals surface area (Å²) in [5, 5.41) is 0.501. The predicted octanol–water partition coefficient (Wildman–Crippen LogP) is 7.42. The normalized spacial score (nSPS) is 35.7. The third-order valence-corrected chi connectivity index (χ3v) is 14.7. The minimum Gasteiger partial charge on any atom is -0.490 e. The highest BCUT2D eigenvalue weighted by atomic mass is 35.5. The van der Waals surface area contributed by atoms with Gasteiger partial charge in [0, 0.05) is 45.7 Å². The van der Waals surface area contributed by atoms with Crippen LogP contribution in [0.15, 0.2) is 36.4 Å². The van der Waals surface area contributed by atoms with Gasteiger partial charge in [0.1, 0.15) is 5.75 Å². The van der Waals surface area contributed by atoms with Crippen molar-refractivity contribution in [1.82, 2.24) is 4.72 Å². The molecule has 2 bridgehead atoms. The molecule has 5 aliphatic rings. The second-order valence-corrected chi connectivity index (χ2v) is 19.2. The summed E-state index contributed by atoms with van der Waals surface area (Å²) in [6, 6.07) is 12.0. The van der Waals surface area contributed by atoms with Gasteiger partial charge in [0.15, 0.2) is 6.29 Å². The predicted molar refractivity (Wildman–Crippen MR) is 195 cm³/mol. The zero-order chi connectivity index (χ0) is 33.8. The average Bonchev–Trinajstić information content (AvgIpc) is 3.18. The van der Waals surface area contributed by atoms with Crippen LogP contribution in [0.25, 0.3) is 0 Å². The van der Waals surface area contributed by atoms with Crippen LogP contribution in [0, 0.1) is 29.1 Å². The van der Waals surface area contributed by atoms with Crippen LogP contribution in [0.1, 0.15) is 94.1 Å². The van der Waals surface area contributed by atoms with Crippen LogP contribution >= 0.6 is 11.6 Å². The molecule has 1 spiro atoms. The fourth-order valence-electron chi connectivity index (χ4n) is 9.02. The number of halogens is 1. The first-order chi connectivity index (χ1) is 22.8. The number of ether oxygens (including phenoxy) is 3. The Bertz CT molecular complexity index is 1630. The molecule has 48 heavy (non-hydrogen) atoms. The molecule has 0 radical (unpaired) electrons. The van der Waals surface area contributed by atoms with Gasteiger partial charge in [0.25, 0.3) is 5.91 Å². The van der Waals surface area contributed by atoms with Crippen molar-refractivity contribution in [2.24, 2.45) is 29.1 Å². The summed E-state index contributed by atoms with van der Waals surface area (Å²) in [5.74, 6) is 5.86. The first-order valence-corrected chi connectivity index (χ1v) is 20.2. The Morgan fingerprint density at radius 2 is 1.77 bits per heavy atom. The molecular formula is C39H53ClN2O5S. The third kappa shape index (κ3) is 6.63. The van der Waals surface area contributed by atoms with Crippen LogP contribution in [0.2, 0.25) is 5.02 Å². The van der Waals surface area contributed by atoms with Crippen LogP contribution in [0.4, 0.5) is 5.69 Å². The van der Waals surface area contributed by atoms with Gasteiger partial charge in [-0.15, -0.1) is 0 Å². The Balaban J connectivity index is 1.28. The number of amides is 1. The van der Waals surface area contributed by atoms with Gasteiger partial charge in [-0.05, 0) is 117 Å². The molecule has 9 heteroatoms. The van der Waals surface area contributed by atoms with Crippen LogP contribution in [-0.4, -0.2) is 60.4 Å². The molecule has 1 saturated carbocycles. The largest absolute Gasteiger partial charge is 0.490 e. The number of nitrogens with zero attached hydrogens (tertiary/aromatic N) is 1. The molecule has 1 saturated heterocycles. The van der Waals surface area contributed by atoms with E-state index in [0.717, 1.165) is 80.9 Å². The monoisotopic (exact) mass is 696 g/mol. The molecule has 2 aliphatic carbocycles. The molecule has 7 nitrogen and oxygen atoms in total. The number of anilines is 1. The van der Waals surface area contributed by atoms with Crippen molar-refractivity contribution in [2.45, 2.75) is 96.0 Å². The SMILES string of the molecule is C=S1(=O)NC(=O)c2ccc3c(c2)N(C[C@@H]2CC[C@H]2[C@H](C2OCC(C)(C)CO2)CCC[C@H](C)[C@H]1C)C[C@@]1(CCCc2cc(Cl)ccc21)CO3. The number of aryl methyl sites for hydroxylation is 1. The number of rotatable bonds is 1. The molecular weight excluding hydrogens is 644 g/mol. The van der Waals surface area contributed by atoms with Crippen molar-refractivity contribution in [3.63, 3.8) is 0 Å². The van der Waals surface area contributed by atoms with E-state index in [1.807, 2.05) is 25.1 Å². The summed E-state index contributed by atoms with van der Waals surface area (Å²) in [4.78, 5) is 16.2. The smallest absolute Gasteiger partial charge is 0.262 e. The van der Waals surface area contributed by atoms with Gasteiger partial charge >= 0.3 is 0 Å². The maximum absolute atomic E-state index is 13.9. The minimum absolute atomic E-state index is 0.0128. The second-order valence-electron chi connectivity index (χ2n) is 16.4. The van der Waals surface area contributed by atoms with Crippen LogP contribution in [0.5, 0.6) is 5.75 Å². The van der Waals surface area contributed by atoms with Crippen LogP contribution in [0.3, 0.4) is 0 Å². The average molecular weight is 697 g/mol. The quantitative estimate of drug-likeness (QED) is 0.313. The molecule has 3 heterocycles. The zero-order valence-electron chi connectivity index (χ0n) is 29.1. The second kappa shape index (κ2) is 13.1. The Labute approximate surface area is 292 Å². The van der Waals surface area contributed by atoms with Crippen molar-refractivity contribution >= 4 is 38.8 Å². The first kappa shape index (κ1) is 34.2. The van der Waals surface area contributed by atoms with E-state index in [1.54, 1.807) is 6.07 Å². The summed E-state index contributed by atoms with van der Waals surface area (Å²) >= 11 is 6.48. The van der Waals surface area contributed by atoms with E-state index in [4.69, 9.17) is 25.8 Å². The van der Waals surface area contributed by atoms with E-state index < -0.39 is 9.71 Å². The maximum Gasteiger partial charge on any atom is 0.262 e. The number of hydrogen-bond acceptors (Lipinski definition) is 6. The number of nitrogens with one attached hydrogen (secondary N) is 1. The van der Waals surface area contributed by atoms with Gasteiger partial charge in [-0.1, -0.05) is 44.9 Å². The van der Waals surface area contributed by atoms with E-state index in [2.05, 4.69) is 48.4 Å². The highest BCUT2D eigenvalue weighted by molar-refractivity contribution is 7.99. The number of carbonyl (C=O) groups is 1. The van der Waals surface area contributed by atoms with Crippen molar-refractivity contribution in [1.29, 1.82) is 0 Å². The molecule has 0 aromatic heterocycles. The Morgan fingerprint density at radius 1 is 0.979 bits per heavy atom. The fraction of sp³-hybridized carbons (Fsp3) is 0.641. The van der Waals surface area contributed by atoms with Gasteiger partial charge < -0.3 is 19.1 Å². The lowest BCUT2D eigenvalue weighted by Crippen LogP contribution is -2.51. The van der Waals surface area contributed by atoms with Gasteiger partial charge in [-0.25, -0.2) is 4.21 Å². The molecule has 7 atom stereocenters. The zero-order valence-corrected chi connectivity index (χ0v) is 30.7. The third-order valence-electron chi connectivity index (χ3n) is 12.3. The molecule has 262 valence electrons. The molecule has 2 aromatic rings. The highest BCUT2D eigenvalue weighted by Crippen LogP contribution is 2.49. The lowest BCUT2D eigenvalue weighted by molar-refractivity contribution is -0.257. The number of hydrogen-bond donors (Lipinski definition) is 1. The number of fused-ring (bicyclic) bond motifs is 4. The van der Waals surface area contributed by atoms with E-state index >= 15 is 0 Å². The fourth-order valence-corrected chi connectivity index (χ4v) is 10.7. The molecule has 7 rings (SSSR count). The summed E-state index contributed by atoms with van der Waals surface area (Å²) in [6.07, 6.45) is 8.11. The summed E-state index contributed by atoms with van der Waals surface area (Å²) in [7, 11) is -2.90. The minimum atomic E-state index is -2.90. The standard InChI is InChI=1S/C39H53ClN2O5S/c1-25-8-6-10-32(37-46-22-38(3,4)23-47-37)31-14-11-29(31)20-42-21-39(17-7-9-27-18-30(40)13-15-33(27)39)24-45-35-16-12-28(19-34(35)42)36(43)41-48(5,44)26(25)2/h12-13,15-16,18-19,25-26,29,31-32,37H,5-11,14,17,20-24H2,1-4H3,(H,41,43,44)/t25-,26+,29-,31+,32+,39-,48?/m0/s1. The van der Waals surface area contributed by atoms with Crippen molar-refractivity contribution in [3.8, 4) is 5.75 Å². The summed E-state index contributed by atoms with van der Waals surface area (Å²) in [5.41, 5.74) is 3.85. The lowest BCUT2D eigenvalue weighted by atomic mass is 9.64. The van der Waals surface area contributed by atoms with Crippen LogP contribution < -0.4 is 14.4 Å². The van der Waals surface area contributed by atoms with E-state index in [9.17, 15) is 9.00 Å². The Hall–Kier alpha value is -2.26. The van der Waals surface area contributed by atoms with E-state index in [1.165, 1.54) is 11.1 Å². The lowest BCUT2D eigenvalue weighted by Gasteiger charge is -2.49. The van der Waals surface area contributed by atoms with Crippen molar-refractivity contribution in [2.75, 3.05) is 37.8 Å². The highest BCUT2D eigenvalue weighted by Gasteiger charge is 2.47. The van der Waals surface area contributed by atoms with Gasteiger partial charge in [0.05, 0.1) is 35.2 Å². The molecule has 2 fully saturated rings. The number of benzene rings is 2. The van der Waals surface area contributed by atoms with Gasteiger partial charge in [-0.2, -0.15) is 0 Å². The Kier molecular flexibility index (Phi) is 9.36. The first-order valence-electron chi connectivity index (χ1n) is 18.1. The van der Waals surface area contributed by atoms with Crippen molar-refractivity contribution < 1.29 is 23.2 Å². The van der Waals surface area contributed by atoms with Crippen molar-refractivity contribution in [3.05, 3.63) is 58.1 Å². The maximum atomic E-state index is 13.9. The summed E-state index contributed by atoms with van der Waals surface area (Å²) in [6.45, 7) is 12.1. The molecule has 1 N–H and O–H groups in total. The van der Waals surface area contributed by atoms with Gasteiger partial charge in [0.2, 0.25) is 0 Å². The van der Waals surface area contributed by atoms with E-state index in [0.29, 0.717) is 43.1 Å². The molecule has 3 aliphatic heterocycles. The Morgan fingerprint density at radius 3 is 2.52 bits per heavy atom.